The molecule has 2 N–H and O–H groups in total. The molecule has 1 aromatic carbocycles. The second-order valence-electron chi connectivity index (χ2n) is 4.74. The van der Waals surface area contributed by atoms with Crippen LogP contribution >= 0.6 is 11.6 Å². The molecule has 17 heavy (non-hydrogen) atoms. The van der Waals surface area contributed by atoms with Gasteiger partial charge in [0, 0.05) is 11.4 Å². The lowest BCUT2D eigenvalue weighted by atomic mass is 9.94. The van der Waals surface area contributed by atoms with E-state index in [0.29, 0.717) is 0 Å². The number of hydrogen-bond donors (Lipinski definition) is 2. The zero-order chi connectivity index (χ0) is 11.7. The summed E-state index contributed by atoms with van der Waals surface area (Å²) in [5.74, 6) is 1.85. The van der Waals surface area contributed by atoms with Gasteiger partial charge in [0.05, 0.1) is 11.0 Å². The Morgan fingerprint density at radius 1 is 1.29 bits per heavy atom. The molecule has 0 unspecified atom stereocenters. The molecule has 4 heteroatoms. The molecule has 0 bridgehead atoms. The lowest BCUT2D eigenvalue weighted by Crippen LogP contribution is -2.28. The number of aromatic amines is 1. The molecule has 0 amide bonds. The maximum Gasteiger partial charge on any atom is 0.107 e. The molecule has 1 aromatic heterocycles. The van der Waals surface area contributed by atoms with E-state index in [4.69, 9.17) is 11.6 Å². The number of benzene rings is 1. The van der Waals surface area contributed by atoms with E-state index in [1.165, 1.54) is 12.8 Å². The summed E-state index contributed by atoms with van der Waals surface area (Å²) in [6.45, 7) is 2.27. The first-order valence-electron chi connectivity index (χ1n) is 6.16. The zero-order valence-electron chi connectivity index (χ0n) is 9.67. The molecule has 3 rings (SSSR count). The molecule has 1 fully saturated rings. The van der Waals surface area contributed by atoms with Gasteiger partial charge in [-0.1, -0.05) is 11.6 Å². The van der Waals surface area contributed by atoms with Crippen molar-refractivity contribution in [3.8, 4) is 0 Å². The fraction of sp³-hybridized carbons (Fsp3) is 0.462. The van der Waals surface area contributed by atoms with Crippen LogP contribution in [-0.2, 0) is 6.42 Å². The molecule has 0 saturated carbocycles. The van der Waals surface area contributed by atoms with Crippen LogP contribution in [0.15, 0.2) is 18.2 Å². The van der Waals surface area contributed by atoms with Crippen LogP contribution in [0.2, 0.25) is 5.02 Å². The first-order valence-corrected chi connectivity index (χ1v) is 6.54. The van der Waals surface area contributed by atoms with Crippen LogP contribution in [0.25, 0.3) is 11.0 Å². The number of aromatic nitrogens is 2. The molecule has 90 valence electrons. The van der Waals surface area contributed by atoms with Crippen molar-refractivity contribution in [2.75, 3.05) is 13.1 Å². The molecule has 2 aromatic rings. The standard InChI is InChI=1S/C13H16ClN3/c14-10-1-2-11-12(8-10)17-13(16-11)7-9-3-5-15-6-4-9/h1-2,8-9,15H,3-7H2,(H,16,17). The second kappa shape index (κ2) is 4.67. The fourth-order valence-electron chi connectivity index (χ4n) is 2.49. The molecule has 0 radical (unpaired) electrons. The van der Waals surface area contributed by atoms with Crippen LogP contribution in [0, 0.1) is 5.92 Å². The molecule has 1 aliphatic heterocycles. The van der Waals surface area contributed by atoms with Crippen molar-refractivity contribution in [2.24, 2.45) is 5.92 Å². The van der Waals surface area contributed by atoms with E-state index in [9.17, 15) is 0 Å². The van der Waals surface area contributed by atoms with Crippen molar-refractivity contribution in [2.45, 2.75) is 19.3 Å². The third-order valence-corrected chi connectivity index (χ3v) is 3.67. The SMILES string of the molecule is Clc1ccc2nc(CC3CCNCC3)[nH]c2c1. The van der Waals surface area contributed by atoms with E-state index >= 15 is 0 Å². The van der Waals surface area contributed by atoms with Crippen molar-refractivity contribution in [3.63, 3.8) is 0 Å². The van der Waals surface area contributed by atoms with E-state index in [0.717, 1.165) is 47.3 Å². The highest BCUT2D eigenvalue weighted by atomic mass is 35.5. The normalized spacial score (nSPS) is 17.7. The van der Waals surface area contributed by atoms with Crippen LogP contribution in [0.1, 0.15) is 18.7 Å². The molecule has 1 aliphatic rings. The number of nitrogens with zero attached hydrogens (tertiary/aromatic N) is 1. The van der Waals surface area contributed by atoms with Crippen LogP contribution < -0.4 is 5.32 Å². The number of rotatable bonds is 2. The van der Waals surface area contributed by atoms with E-state index in [1.54, 1.807) is 0 Å². The lowest BCUT2D eigenvalue weighted by molar-refractivity contribution is 0.368. The van der Waals surface area contributed by atoms with Crippen molar-refractivity contribution >= 4 is 22.6 Å². The zero-order valence-corrected chi connectivity index (χ0v) is 10.4. The fourth-order valence-corrected chi connectivity index (χ4v) is 2.66. The van der Waals surface area contributed by atoms with Gasteiger partial charge in [0.2, 0.25) is 0 Å². The minimum atomic E-state index is 0.757. The average Bonchev–Trinajstić information content (AvgIpc) is 2.71. The van der Waals surface area contributed by atoms with E-state index < -0.39 is 0 Å². The van der Waals surface area contributed by atoms with Gasteiger partial charge in [-0.25, -0.2) is 4.98 Å². The van der Waals surface area contributed by atoms with Gasteiger partial charge in [-0.2, -0.15) is 0 Å². The molecule has 2 heterocycles. The van der Waals surface area contributed by atoms with Gasteiger partial charge in [0.25, 0.3) is 0 Å². The van der Waals surface area contributed by atoms with Gasteiger partial charge < -0.3 is 10.3 Å². The van der Waals surface area contributed by atoms with E-state index in [1.807, 2.05) is 18.2 Å². The van der Waals surface area contributed by atoms with Crippen LogP contribution in [-0.4, -0.2) is 23.1 Å². The van der Waals surface area contributed by atoms with E-state index in [-0.39, 0.29) is 0 Å². The first kappa shape index (κ1) is 11.1. The Balaban J connectivity index is 1.80. The van der Waals surface area contributed by atoms with Gasteiger partial charge in [-0.15, -0.1) is 0 Å². The minimum Gasteiger partial charge on any atom is -0.342 e. The van der Waals surface area contributed by atoms with Crippen molar-refractivity contribution in [1.82, 2.24) is 15.3 Å². The highest BCUT2D eigenvalue weighted by Gasteiger charge is 2.15. The summed E-state index contributed by atoms with van der Waals surface area (Å²) in [6, 6.07) is 5.80. The molecule has 1 saturated heterocycles. The van der Waals surface area contributed by atoms with Gasteiger partial charge in [-0.3, -0.25) is 0 Å². The average molecular weight is 250 g/mol. The monoisotopic (exact) mass is 249 g/mol. The van der Waals surface area contributed by atoms with E-state index in [2.05, 4.69) is 15.3 Å². The third kappa shape index (κ3) is 2.45. The van der Waals surface area contributed by atoms with Crippen molar-refractivity contribution in [1.29, 1.82) is 0 Å². The van der Waals surface area contributed by atoms with Gasteiger partial charge >= 0.3 is 0 Å². The predicted molar refractivity (Wildman–Crippen MR) is 70.4 cm³/mol. The second-order valence-corrected chi connectivity index (χ2v) is 5.18. The molecule has 0 aliphatic carbocycles. The maximum absolute atomic E-state index is 5.96. The minimum absolute atomic E-state index is 0.757. The topological polar surface area (TPSA) is 40.7 Å². The quantitative estimate of drug-likeness (QED) is 0.859. The molecule has 0 atom stereocenters. The Labute approximate surface area is 106 Å². The smallest absolute Gasteiger partial charge is 0.107 e. The highest BCUT2D eigenvalue weighted by Crippen LogP contribution is 2.21. The molecule has 0 spiro atoms. The molecular formula is C13H16ClN3. The highest BCUT2D eigenvalue weighted by molar-refractivity contribution is 6.31. The summed E-state index contributed by atoms with van der Waals surface area (Å²) in [7, 11) is 0. The van der Waals surface area contributed by atoms with Crippen molar-refractivity contribution in [3.05, 3.63) is 29.0 Å². The molecular weight excluding hydrogens is 234 g/mol. The largest absolute Gasteiger partial charge is 0.342 e. The van der Waals surface area contributed by atoms with Gasteiger partial charge in [-0.05, 0) is 50.0 Å². The van der Waals surface area contributed by atoms with Crippen LogP contribution in [0.3, 0.4) is 0 Å². The van der Waals surface area contributed by atoms with Gasteiger partial charge in [0.15, 0.2) is 0 Å². The maximum atomic E-state index is 5.96. The predicted octanol–water partition coefficient (Wildman–Crippen LogP) is 2.76. The number of nitrogens with one attached hydrogen (secondary N) is 2. The summed E-state index contributed by atoms with van der Waals surface area (Å²) in [5, 5.41) is 4.15. The van der Waals surface area contributed by atoms with Gasteiger partial charge in [0.1, 0.15) is 5.82 Å². The molecule has 3 nitrogen and oxygen atoms in total. The Morgan fingerprint density at radius 2 is 2.12 bits per heavy atom. The summed E-state index contributed by atoms with van der Waals surface area (Å²) in [4.78, 5) is 7.98. The Hall–Kier alpha value is -1.06. The lowest BCUT2D eigenvalue weighted by Gasteiger charge is -2.21. The number of imidazole rings is 1. The number of halogens is 1. The van der Waals surface area contributed by atoms with Crippen LogP contribution in [0.4, 0.5) is 0 Å². The first-order chi connectivity index (χ1) is 8.31. The summed E-state index contributed by atoms with van der Waals surface area (Å²) >= 11 is 5.96. The Morgan fingerprint density at radius 3 is 2.94 bits per heavy atom. The third-order valence-electron chi connectivity index (χ3n) is 3.43. The number of H-pyrrole nitrogens is 1. The Bertz CT molecular complexity index is 514. The van der Waals surface area contributed by atoms with Crippen molar-refractivity contribution < 1.29 is 0 Å². The number of fused-ring (bicyclic) bond motifs is 1. The number of piperidine rings is 1. The number of hydrogen-bond acceptors (Lipinski definition) is 2. The van der Waals surface area contributed by atoms with Crippen LogP contribution in [0.5, 0.6) is 0 Å². The Kier molecular flexibility index (Phi) is 3.04. The summed E-state index contributed by atoms with van der Waals surface area (Å²) in [6.07, 6.45) is 3.55. The summed E-state index contributed by atoms with van der Waals surface area (Å²) < 4.78 is 0. The summed E-state index contributed by atoms with van der Waals surface area (Å²) in [5.41, 5.74) is 2.06.